The molecule has 2 rings (SSSR count). The van der Waals surface area contributed by atoms with Crippen molar-refractivity contribution >= 4 is 5.84 Å². The van der Waals surface area contributed by atoms with Gasteiger partial charge in [0, 0.05) is 18.1 Å². The van der Waals surface area contributed by atoms with Gasteiger partial charge in [-0.2, -0.15) is 13.2 Å². The number of benzene rings is 1. The van der Waals surface area contributed by atoms with Gasteiger partial charge in [-0.25, -0.2) is 0 Å². The second-order valence-electron chi connectivity index (χ2n) is 4.66. The molecule has 4 nitrogen and oxygen atoms in total. The van der Waals surface area contributed by atoms with Crippen LogP contribution in [0.2, 0.25) is 0 Å². The highest BCUT2D eigenvalue weighted by Gasteiger charge is 2.34. The maximum absolute atomic E-state index is 12.8. The minimum atomic E-state index is -4.54. The van der Waals surface area contributed by atoms with Crippen molar-refractivity contribution in [3.63, 3.8) is 0 Å². The van der Waals surface area contributed by atoms with Crippen LogP contribution < -0.4 is 10.5 Å². The summed E-state index contributed by atoms with van der Waals surface area (Å²) in [6.45, 7) is 1.66. The third kappa shape index (κ3) is 3.41. The summed E-state index contributed by atoms with van der Waals surface area (Å²) in [4.78, 5) is 0. The van der Waals surface area contributed by atoms with Crippen LogP contribution in [0, 0.1) is 11.3 Å². The smallest absolute Gasteiger partial charge is 0.417 e. The average molecular weight is 288 g/mol. The lowest BCUT2D eigenvalue weighted by Gasteiger charge is -2.15. The summed E-state index contributed by atoms with van der Waals surface area (Å²) in [5.74, 6) is -0.111. The molecule has 20 heavy (non-hydrogen) atoms. The Bertz CT molecular complexity index is 497. The van der Waals surface area contributed by atoms with Gasteiger partial charge in [0.2, 0.25) is 0 Å². The SMILES string of the molecule is N=C(N)c1cc(OCC2CCOC2)ccc1C(F)(F)F. The minimum absolute atomic E-state index is 0.248. The molecular formula is C13H15F3N2O2. The molecule has 0 bridgehead atoms. The fourth-order valence-electron chi connectivity index (χ4n) is 2.01. The topological polar surface area (TPSA) is 68.3 Å². The van der Waals surface area contributed by atoms with Crippen molar-refractivity contribution in [2.75, 3.05) is 19.8 Å². The molecule has 1 saturated heterocycles. The molecule has 110 valence electrons. The zero-order chi connectivity index (χ0) is 14.8. The maximum Gasteiger partial charge on any atom is 0.417 e. The lowest BCUT2D eigenvalue weighted by Crippen LogP contribution is -2.19. The molecule has 1 aliphatic rings. The molecular weight excluding hydrogens is 273 g/mol. The van der Waals surface area contributed by atoms with Gasteiger partial charge >= 0.3 is 6.18 Å². The molecule has 1 unspecified atom stereocenters. The van der Waals surface area contributed by atoms with E-state index in [9.17, 15) is 13.2 Å². The number of nitrogens with two attached hydrogens (primary N) is 1. The van der Waals surface area contributed by atoms with Gasteiger partial charge in [-0.15, -0.1) is 0 Å². The van der Waals surface area contributed by atoms with Gasteiger partial charge in [0.25, 0.3) is 0 Å². The van der Waals surface area contributed by atoms with Crippen LogP contribution in [0.3, 0.4) is 0 Å². The van der Waals surface area contributed by atoms with Gasteiger partial charge in [-0.3, -0.25) is 5.41 Å². The monoisotopic (exact) mass is 288 g/mol. The van der Waals surface area contributed by atoms with Crippen molar-refractivity contribution in [2.45, 2.75) is 12.6 Å². The normalized spacial score (nSPS) is 19.1. The Morgan fingerprint density at radius 1 is 1.45 bits per heavy atom. The molecule has 1 aliphatic heterocycles. The van der Waals surface area contributed by atoms with Crippen LogP contribution in [0.5, 0.6) is 5.75 Å². The molecule has 0 amide bonds. The van der Waals surface area contributed by atoms with E-state index in [1.807, 2.05) is 0 Å². The second kappa shape index (κ2) is 5.70. The minimum Gasteiger partial charge on any atom is -0.493 e. The molecule has 1 atom stereocenters. The number of alkyl halides is 3. The van der Waals surface area contributed by atoms with Crippen LogP contribution in [0.25, 0.3) is 0 Å². The number of rotatable bonds is 4. The average Bonchev–Trinajstić information content (AvgIpc) is 2.88. The van der Waals surface area contributed by atoms with Gasteiger partial charge in [0.1, 0.15) is 11.6 Å². The zero-order valence-corrected chi connectivity index (χ0v) is 10.7. The molecule has 0 radical (unpaired) electrons. The first-order valence-corrected chi connectivity index (χ1v) is 6.14. The predicted octanol–water partition coefficient (Wildman–Crippen LogP) is 2.40. The van der Waals surface area contributed by atoms with Gasteiger partial charge in [0.05, 0.1) is 18.8 Å². The first-order valence-electron chi connectivity index (χ1n) is 6.14. The fraction of sp³-hybridized carbons (Fsp3) is 0.462. The van der Waals surface area contributed by atoms with Crippen LogP contribution in [-0.2, 0) is 10.9 Å². The van der Waals surface area contributed by atoms with E-state index in [0.29, 0.717) is 19.8 Å². The van der Waals surface area contributed by atoms with Crippen molar-refractivity contribution in [3.8, 4) is 5.75 Å². The van der Waals surface area contributed by atoms with Crippen LogP contribution in [0.1, 0.15) is 17.5 Å². The van der Waals surface area contributed by atoms with Crippen LogP contribution in [0.15, 0.2) is 18.2 Å². The fourth-order valence-corrected chi connectivity index (χ4v) is 2.01. The molecule has 1 aromatic rings. The number of hydrogen-bond donors (Lipinski definition) is 2. The van der Waals surface area contributed by atoms with Crippen molar-refractivity contribution in [2.24, 2.45) is 11.7 Å². The lowest BCUT2D eigenvalue weighted by molar-refractivity contribution is -0.137. The number of amidine groups is 1. The van der Waals surface area contributed by atoms with Gasteiger partial charge < -0.3 is 15.2 Å². The van der Waals surface area contributed by atoms with Crippen LogP contribution in [-0.4, -0.2) is 25.7 Å². The zero-order valence-electron chi connectivity index (χ0n) is 10.7. The Kier molecular flexibility index (Phi) is 4.17. The van der Waals surface area contributed by atoms with E-state index in [2.05, 4.69) is 0 Å². The maximum atomic E-state index is 12.8. The van der Waals surface area contributed by atoms with E-state index in [1.54, 1.807) is 0 Å². The second-order valence-corrected chi connectivity index (χ2v) is 4.66. The summed E-state index contributed by atoms with van der Waals surface area (Å²) in [5.41, 5.74) is 3.91. The Labute approximate surface area is 114 Å². The summed E-state index contributed by atoms with van der Waals surface area (Å²) in [6.07, 6.45) is -3.67. The van der Waals surface area contributed by atoms with E-state index < -0.39 is 17.6 Å². The van der Waals surface area contributed by atoms with E-state index >= 15 is 0 Å². The van der Waals surface area contributed by atoms with E-state index in [0.717, 1.165) is 18.6 Å². The van der Waals surface area contributed by atoms with Gasteiger partial charge in [0.15, 0.2) is 0 Å². The first-order chi connectivity index (χ1) is 9.38. The highest BCUT2D eigenvalue weighted by atomic mass is 19.4. The number of ether oxygens (including phenoxy) is 2. The number of nitrogens with one attached hydrogen (secondary N) is 1. The highest BCUT2D eigenvalue weighted by molar-refractivity contribution is 5.97. The number of halogens is 3. The molecule has 0 aliphatic carbocycles. The largest absolute Gasteiger partial charge is 0.493 e. The lowest BCUT2D eigenvalue weighted by atomic mass is 10.1. The number of hydrogen-bond acceptors (Lipinski definition) is 3. The quantitative estimate of drug-likeness (QED) is 0.660. The molecule has 0 saturated carbocycles. The Morgan fingerprint density at radius 3 is 2.75 bits per heavy atom. The standard InChI is InChI=1S/C13H15F3N2O2/c14-13(15,16)11-2-1-9(5-10(11)12(17)18)20-7-8-3-4-19-6-8/h1-2,5,8H,3-4,6-7H2,(H3,17,18). The Hall–Kier alpha value is -1.76. The summed E-state index contributed by atoms with van der Waals surface area (Å²) < 4.78 is 48.9. The predicted molar refractivity (Wildman–Crippen MR) is 66.9 cm³/mol. The Morgan fingerprint density at radius 2 is 2.20 bits per heavy atom. The molecule has 7 heteroatoms. The third-order valence-electron chi connectivity index (χ3n) is 3.10. The van der Waals surface area contributed by atoms with Crippen molar-refractivity contribution < 1.29 is 22.6 Å². The summed E-state index contributed by atoms with van der Waals surface area (Å²) in [7, 11) is 0. The van der Waals surface area contributed by atoms with Crippen molar-refractivity contribution in [1.82, 2.24) is 0 Å². The van der Waals surface area contributed by atoms with Gasteiger partial charge in [-0.05, 0) is 24.6 Å². The van der Waals surface area contributed by atoms with Crippen molar-refractivity contribution in [3.05, 3.63) is 29.3 Å². The van der Waals surface area contributed by atoms with Crippen molar-refractivity contribution in [1.29, 1.82) is 5.41 Å². The molecule has 3 N–H and O–H groups in total. The van der Waals surface area contributed by atoms with E-state index in [1.165, 1.54) is 6.07 Å². The summed E-state index contributed by atoms with van der Waals surface area (Å²) >= 11 is 0. The Balaban J connectivity index is 2.15. The molecule has 1 aromatic carbocycles. The highest BCUT2D eigenvalue weighted by Crippen LogP contribution is 2.33. The summed E-state index contributed by atoms with van der Waals surface area (Å²) in [6, 6.07) is 3.28. The number of nitrogen functional groups attached to an aromatic ring is 1. The molecule has 1 fully saturated rings. The molecule has 1 heterocycles. The van der Waals surface area contributed by atoms with Gasteiger partial charge in [-0.1, -0.05) is 0 Å². The molecule has 0 spiro atoms. The third-order valence-corrected chi connectivity index (χ3v) is 3.10. The molecule has 0 aromatic heterocycles. The first kappa shape index (κ1) is 14.6. The van der Waals surface area contributed by atoms with E-state index in [4.69, 9.17) is 20.6 Å². The summed E-state index contributed by atoms with van der Waals surface area (Å²) in [5, 5.41) is 7.25. The van der Waals surface area contributed by atoms with E-state index in [-0.39, 0.29) is 17.2 Å². The van der Waals surface area contributed by atoms with Crippen LogP contribution in [0.4, 0.5) is 13.2 Å². The van der Waals surface area contributed by atoms with Crippen LogP contribution >= 0.6 is 0 Å².